The van der Waals surface area contributed by atoms with Gasteiger partial charge in [-0.1, -0.05) is 23.7 Å². The van der Waals surface area contributed by atoms with E-state index >= 15 is 0 Å². The second-order valence-corrected chi connectivity index (χ2v) is 7.53. The molecule has 0 aliphatic carbocycles. The molecular weight excluding hydrogens is 472 g/mol. The maximum Gasteiger partial charge on any atom is 0.345 e. The number of methoxy groups -OCH3 is 2. The Hall–Kier alpha value is -4.50. The Labute approximate surface area is 206 Å². The van der Waals surface area contributed by atoms with Crippen LogP contribution >= 0.6 is 11.6 Å². The van der Waals surface area contributed by atoms with Crippen molar-refractivity contribution in [2.24, 2.45) is 0 Å². The highest BCUT2D eigenvalue weighted by Crippen LogP contribution is 2.37. The minimum Gasteiger partial charge on any atom is -0.493 e. The Morgan fingerprint density at radius 1 is 0.971 bits per heavy atom. The van der Waals surface area contributed by atoms with E-state index in [1.807, 2.05) is 0 Å². The SMILES string of the molecule is COc1cc2nccc(Oc3ccc(NC(=O)N(NC=O)c4ccccc4Cl)cc3)c2cc1OC. The summed E-state index contributed by atoms with van der Waals surface area (Å²) in [6.07, 6.45) is 2.03. The number of nitrogens with zero attached hydrogens (tertiary/aromatic N) is 2. The third-order valence-corrected chi connectivity index (χ3v) is 5.34. The Kier molecular flexibility index (Phi) is 7.18. The fourth-order valence-electron chi connectivity index (χ4n) is 3.37. The summed E-state index contributed by atoms with van der Waals surface area (Å²) in [6, 6.07) is 18.1. The molecule has 0 atom stereocenters. The molecule has 2 N–H and O–H groups in total. The average Bonchev–Trinajstić information content (AvgIpc) is 2.88. The summed E-state index contributed by atoms with van der Waals surface area (Å²) in [5.74, 6) is 2.25. The molecule has 4 aromatic rings. The number of rotatable bonds is 8. The van der Waals surface area contributed by atoms with E-state index in [4.69, 9.17) is 25.8 Å². The molecule has 0 spiro atoms. The Morgan fingerprint density at radius 2 is 1.69 bits per heavy atom. The van der Waals surface area contributed by atoms with Crippen LogP contribution in [0.15, 0.2) is 72.9 Å². The lowest BCUT2D eigenvalue weighted by molar-refractivity contribution is -0.109. The van der Waals surface area contributed by atoms with Crippen LogP contribution in [0.2, 0.25) is 5.02 Å². The second kappa shape index (κ2) is 10.6. The lowest BCUT2D eigenvalue weighted by atomic mass is 10.2. The van der Waals surface area contributed by atoms with Gasteiger partial charge in [0.15, 0.2) is 11.5 Å². The third kappa shape index (κ3) is 5.20. The largest absolute Gasteiger partial charge is 0.493 e. The number of aromatic nitrogens is 1. The number of amides is 3. The minimum absolute atomic E-state index is 0.305. The van der Waals surface area contributed by atoms with Crippen LogP contribution in [0.25, 0.3) is 10.9 Å². The number of hydrogen-bond acceptors (Lipinski definition) is 6. The summed E-state index contributed by atoms with van der Waals surface area (Å²) in [5, 5.41) is 4.78. The van der Waals surface area contributed by atoms with Crippen molar-refractivity contribution in [2.45, 2.75) is 0 Å². The summed E-state index contributed by atoms with van der Waals surface area (Å²) in [4.78, 5) is 28.2. The predicted octanol–water partition coefficient (Wildman–Crippen LogP) is 5.40. The van der Waals surface area contributed by atoms with Gasteiger partial charge >= 0.3 is 6.03 Å². The fraction of sp³-hybridized carbons (Fsp3) is 0.0800. The molecule has 10 heteroatoms. The van der Waals surface area contributed by atoms with Gasteiger partial charge in [-0.3, -0.25) is 15.2 Å². The summed E-state index contributed by atoms with van der Waals surface area (Å²) in [7, 11) is 3.12. The summed E-state index contributed by atoms with van der Waals surface area (Å²) >= 11 is 6.16. The van der Waals surface area contributed by atoms with Crippen LogP contribution in [-0.4, -0.2) is 31.6 Å². The lowest BCUT2D eigenvalue weighted by Gasteiger charge is -2.22. The fourth-order valence-corrected chi connectivity index (χ4v) is 3.59. The topological polar surface area (TPSA) is 102 Å². The lowest BCUT2D eigenvalue weighted by Crippen LogP contribution is -2.45. The van der Waals surface area contributed by atoms with Gasteiger partial charge in [-0.05, 0) is 48.5 Å². The van der Waals surface area contributed by atoms with E-state index in [0.29, 0.717) is 51.3 Å². The van der Waals surface area contributed by atoms with Gasteiger partial charge in [0.2, 0.25) is 6.41 Å². The van der Waals surface area contributed by atoms with Crippen LogP contribution in [0.3, 0.4) is 0 Å². The number of para-hydroxylation sites is 1. The first-order valence-corrected chi connectivity index (χ1v) is 10.8. The van der Waals surface area contributed by atoms with E-state index in [1.54, 1.807) is 87.1 Å². The van der Waals surface area contributed by atoms with Crippen molar-refractivity contribution in [3.8, 4) is 23.0 Å². The zero-order valence-electron chi connectivity index (χ0n) is 18.8. The number of nitrogens with one attached hydrogen (secondary N) is 2. The first-order valence-electron chi connectivity index (χ1n) is 10.4. The molecule has 178 valence electrons. The molecule has 0 aliphatic heterocycles. The summed E-state index contributed by atoms with van der Waals surface area (Å²) in [6.45, 7) is 0. The maximum atomic E-state index is 12.8. The number of fused-ring (bicyclic) bond motifs is 1. The molecule has 0 saturated carbocycles. The monoisotopic (exact) mass is 492 g/mol. The molecule has 0 saturated heterocycles. The van der Waals surface area contributed by atoms with Gasteiger partial charge in [0.1, 0.15) is 11.5 Å². The highest BCUT2D eigenvalue weighted by molar-refractivity contribution is 6.34. The highest BCUT2D eigenvalue weighted by Gasteiger charge is 2.18. The molecule has 35 heavy (non-hydrogen) atoms. The summed E-state index contributed by atoms with van der Waals surface area (Å²) < 4.78 is 16.8. The Morgan fingerprint density at radius 3 is 2.37 bits per heavy atom. The number of carbonyl (C=O) groups is 2. The van der Waals surface area contributed by atoms with Crippen LogP contribution < -0.4 is 30.0 Å². The number of hydrazine groups is 1. The Bertz CT molecular complexity index is 1360. The van der Waals surface area contributed by atoms with Crippen molar-refractivity contribution >= 4 is 46.3 Å². The van der Waals surface area contributed by atoms with Crippen LogP contribution in [0.1, 0.15) is 0 Å². The zero-order valence-corrected chi connectivity index (χ0v) is 19.6. The molecule has 0 aliphatic rings. The smallest absolute Gasteiger partial charge is 0.345 e. The van der Waals surface area contributed by atoms with Crippen LogP contribution in [0.5, 0.6) is 23.0 Å². The second-order valence-electron chi connectivity index (χ2n) is 7.12. The van der Waals surface area contributed by atoms with Crippen molar-refractivity contribution in [1.82, 2.24) is 10.4 Å². The van der Waals surface area contributed by atoms with Gasteiger partial charge < -0.3 is 19.5 Å². The molecular formula is C25H21ClN4O5. The maximum absolute atomic E-state index is 12.8. The normalized spacial score (nSPS) is 10.4. The number of halogens is 1. The van der Waals surface area contributed by atoms with Crippen molar-refractivity contribution in [2.75, 3.05) is 24.5 Å². The van der Waals surface area contributed by atoms with E-state index < -0.39 is 6.03 Å². The van der Waals surface area contributed by atoms with E-state index in [0.717, 1.165) is 10.4 Å². The number of hydrogen-bond donors (Lipinski definition) is 2. The molecule has 1 heterocycles. The average molecular weight is 493 g/mol. The molecule has 1 aromatic heterocycles. The van der Waals surface area contributed by atoms with Crippen molar-refractivity contribution < 1.29 is 23.8 Å². The Balaban J connectivity index is 1.52. The number of pyridine rings is 1. The standard InChI is InChI=1S/C25H21ClN4O5/c1-33-23-13-18-20(14-24(23)34-2)27-12-11-22(18)35-17-9-7-16(8-10-17)29-25(32)30(28-15-31)21-6-4-3-5-19(21)26/h3-15H,1-2H3,(H,28,31)(H,29,32). The first kappa shape index (κ1) is 23.7. The molecule has 0 unspecified atom stereocenters. The van der Waals surface area contributed by atoms with Gasteiger partial charge in [-0.25, -0.2) is 9.80 Å². The third-order valence-electron chi connectivity index (χ3n) is 5.02. The number of benzene rings is 3. The number of anilines is 2. The van der Waals surface area contributed by atoms with Gasteiger partial charge in [-0.15, -0.1) is 0 Å². The van der Waals surface area contributed by atoms with Gasteiger partial charge in [0.25, 0.3) is 0 Å². The van der Waals surface area contributed by atoms with Crippen LogP contribution in [0, 0.1) is 0 Å². The quantitative estimate of drug-likeness (QED) is 0.252. The van der Waals surface area contributed by atoms with Gasteiger partial charge in [0, 0.05) is 23.3 Å². The van der Waals surface area contributed by atoms with Crippen LogP contribution in [0.4, 0.5) is 16.2 Å². The number of carbonyl (C=O) groups excluding carboxylic acids is 2. The zero-order chi connectivity index (χ0) is 24.8. The minimum atomic E-state index is -0.597. The molecule has 9 nitrogen and oxygen atoms in total. The van der Waals surface area contributed by atoms with Gasteiger partial charge in [-0.2, -0.15) is 0 Å². The number of ether oxygens (including phenoxy) is 3. The van der Waals surface area contributed by atoms with E-state index in [1.165, 1.54) is 0 Å². The molecule has 3 amide bonds. The molecule has 3 aromatic carbocycles. The van der Waals surface area contributed by atoms with Crippen molar-refractivity contribution in [1.29, 1.82) is 0 Å². The van der Waals surface area contributed by atoms with E-state index in [2.05, 4.69) is 15.7 Å². The molecule has 0 radical (unpaired) electrons. The first-order chi connectivity index (χ1) is 17.0. The molecule has 4 rings (SSSR count). The molecule has 0 fully saturated rings. The highest BCUT2D eigenvalue weighted by atomic mass is 35.5. The predicted molar refractivity (Wildman–Crippen MR) is 134 cm³/mol. The number of urea groups is 1. The van der Waals surface area contributed by atoms with E-state index in [9.17, 15) is 9.59 Å². The van der Waals surface area contributed by atoms with Crippen LogP contribution in [-0.2, 0) is 4.79 Å². The van der Waals surface area contributed by atoms with Crippen molar-refractivity contribution in [3.05, 3.63) is 77.9 Å². The molecule has 0 bridgehead atoms. The van der Waals surface area contributed by atoms with Crippen molar-refractivity contribution in [3.63, 3.8) is 0 Å². The summed E-state index contributed by atoms with van der Waals surface area (Å²) in [5.41, 5.74) is 3.84. The van der Waals surface area contributed by atoms with E-state index in [-0.39, 0.29) is 0 Å². The van der Waals surface area contributed by atoms with Gasteiger partial charge in [0.05, 0.1) is 30.4 Å².